The molecule has 0 fully saturated rings. The predicted molar refractivity (Wildman–Crippen MR) is 369 cm³/mol. The number of ether oxygens (including phenoxy) is 4. The number of nitrogens with zero attached hydrogens (tertiary/aromatic N) is 9. The van der Waals surface area contributed by atoms with Crippen molar-refractivity contribution in [1.29, 1.82) is 0 Å². The van der Waals surface area contributed by atoms with E-state index in [9.17, 15) is 19.2 Å². The molecule has 4 aliphatic rings. The first-order valence-electron chi connectivity index (χ1n) is 28.1. The number of halogens is 3. The van der Waals surface area contributed by atoms with Crippen LogP contribution in [0, 0.1) is 0 Å². The van der Waals surface area contributed by atoms with Gasteiger partial charge in [0.2, 0.25) is 0 Å². The van der Waals surface area contributed by atoms with Crippen molar-refractivity contribution in [2.75, 3.05) is 28.7 Å². The summed E-state index contributed by atoms with van der Waals surface area (Å²) in [4.78, 5) is 85.8. The highest BCUT2D eigenvalue weighted by Gasteiger charge is 2.41. The fourth-order valence-electron chi connectivity index (χ4n) is 8.22. The number of hydrogen-bond acceptors (Lipinski definition) is 22. The number of imide groups is 1. The summed E-state index contributed by atoms with van der Waals surface area (Å²) in [6, 6.07) is 7.88. The van der Waals surface area contributed by atoms with Crippen LogP contribution in [0.3, 0.4) is 0 Å². The van der Waals surface area contributed by atoms with Crippen LogP contribution in [0.2, 0.25) is 0 Å². The minimum atomic E-state index is -0.811. The number of nitrogen functional groups attached to an aromatic ring is 1. The third kappa shape index (κ3) is 24.0. The van der Waals surface area contributed by atoms with E-state index in [0.29, 0.717) is 26.9 Å². The summed E-state index contributed by atoms with van der Waals surface area (Å²) in [5.41, 5.74) is 11.8. The Kier molecular flexibility index (Phi) is 25.9. The zero-order valence-corrected chi connectivity index (χ0v) is 60.8. The molecule has 28 heteroatoms. The molecule has 0 spiro atoms. The molecule has 4 aromatic heterocycles. The van der Waals surface area contributed by atoms with Crippen molar-refractivity contribution in [2.24, 2.45) is 25.7 Å². The Labute approximate surface area is 559 Å². The molecule has 8 heterocycles. The zero-order valence-electron chi connectivity index (χ0n) is 52.8. The van der Waals surface area contributed by atoms with Crippen LogP contribution in [0.25, 0.3) is 0 Å². The van der Waals surface area contributed by atoms with Gasteiger partial charge in [0, 0.05) is 86.0 Å². The van der Waals surface area contributed by atoms with E-state index in [-0.39, 0.29) is 10.7 Å². The molecule has 6 N–H and O–H groups in total. The highest BCUT2D eigenvalue weighted by Crippen LogP contribution is 2.40. The van der Waals surface area contributed by atoms with Crippen LogP contribution < -0.4 is 22.1 Å². The molecular formula is C60H82Br3N13O8S4. The Bertz CT molecular complexity index is 3130. The molecule has 8 rings (SSSR count). The van der Waals surface area contributed by atoms with Crippen molar-refractivity contribution in [3.05, 3.63) is 110 Å². The smallest absolute Gasteiger partial charge is 0.426 e. The molecule has 0 saturated heterocycles. The molecule has 0 unspecified atom stereocenters. The van der Waals surface area contributed by atoms with E-state index >= 15 is 0 Å². The van der Waals surface area contributed by atoms with Gasteiger partial charge in [0.25, 0.3) is 0 Å². The number of pyridine rings is 4. The fourth-order valence-corrected chi connectivity index (χ4v) is 13.7. The first-order valence-corrected chi connectivity index (χ1v) is 34.4. The van der Waals surface area contributed by atoms with Crippen molar-refractivity contribution >= 4 is 146 Å². The lowest BCUT2D eigenvalue weighted by atomic mass is 9.91. The fraction of sp³-hybridized carbons (Fsp3) is 0.533. The number of nitrogens with two attached hydrogens (primary N) is 2. The van der Waals surface area contributed by atoms with Crippen molar-refractivity contribution < 1.29 is 38.1 Å². The second-order valence-corrected chi connectivity index (χ2v) is 32.5. The van der Waals surface area contributed by atoms with Crippen LogP contribution in [0.5, 0.6) is 0 Å². The minimum Gasteiger partial charge on any atom is -0.444 e. The number of amides is 4. The van der Waals surface area contributed by atoms with Gasteiger partial charge < -0.3 is 30.4 Å². The molecular weight excluding hydrogens is 1400 g/mol. The van der Waals surface area contributed by atoms with Crippen molar-refractivity contribution in [2.45, 2.75) is 181 Å². The van der Waals surface area contributed by atoms with Crippen LogP contribution >= 0.6 is 94.8 Å². The second-order valence-electron chi connectivity index (χ2n) is 25.4. The zero-order chi connectivity index (χ0) is 65.7. The molecule has 0 bridgehead atoms. The maximum absolute atomic E-state index is 12.9. The third-order valence-corrected chi connectivity index (χ3v) is 17.4. The van der Waals surface area contributed by atoms with Crippen molar-refractivity contribution in [1.82, 2.24) is 35.5 Å². The lowest BCUT2D eigenvalue weighted by molar-refractivity contribution is 0.0150. The molecule has 88 heavy (non-hydrogen) atoms. The number of alkyl carbamates (subject to hydrolysis) is 2. The Morgan fingerprint density at radius 1 is 0.455 bits per heavy atom. The summed E-state index contributed by atoms with van der Waals surface area (Å²) >= 11 is 16.3. The molecule has 480 valence electrons. The number of aliphatic imine (C=N–C) groups is 4. The largest absolute Gasteiger partial charge is 0.444 e. The lowest BCUT2D eigenvalue weighted by Crippen LogP contribution is -2.47. The first kappa shape index (κ1) is 73.7. The van der Waals surface area contributed by atoms with Crippen LogP contribution in [-0.4, -0.2) is 115 Å². The highest BCUT2D eigenvalue weighted by atomic mass is 79.9. The number of carbonyl (C=O) groups is 4. The average Bonchev–Trinajstić information content (AvgIpc) is 2.09. The van der Waals surface area contributed by atoms with E-state index in [1.807, 2.05) is 92.9 Å². The van der Waals surface area contributed by atoms with E-state index in [1.54, 1.807) is 90.5 Å². The van der Waals surface area contributed by atoms with Gasteiger partial charge in [0.05, 0.1) is 27.8 Å². The number of thioether (sulfide) groups is 4. The van der Waals surface area contributed by atoms with Gasteiger partial charge in [0.1, 0.15) is 22.4 Å². The maximum atomic E-state index is 12.9. The van der Waals surface area contributed by atoms with Gasteiger partial charge in [0.15, 0.2) is 20.7 Å². The number of hydrogen-bond donors (Lipinski definition) is 4. The van der Waals surface area contributed by atoms with E-state index < -0.39 is 63.4 Å². The van der Waals surface area contributed by atoms with Gasteiger partial charge in [-0.05, 0) is 231 Å². The van der Waals surface area contributed by atoms with E-state index in [4.69, 9.17) is 40.4 Å². The third-order valence-electron chi connectivity index (χ3n) is 12.6. The average molecular weight is 1480 g/mol. The Morgan fingerprint density at radius 2 is 0.773 bits per heavy atom. The summed E-state index contributed by atoms with van der Waals surface area (Å²) in [5, 5.41) is 7.52. The lowest BCUT2D eigenvalue weighted by Gasteiger charge is -2.34. The Balaban J connectivity index is 0.000000218. The number of nitrogens with one attached hydrogen (secondary N) is 2. The molecule has 0 radical (unpaired) electrons. The van der Waals surface area contributed by atoms with Gasteiger partial charge in [-0.1, -0.05) is 47.0 Å². The molecule has 21 nitrogen and oxygen atoms in total. The van der Waals surface area contributed by atoms with Gasteiger partial charge in [-0.25, -0.2) is 19.2 Å². The standard InChI is InChI=1S/C20H28BrN3O4S.C15H20BrN3O2S.C15H22N4O2S.C10H12BrN3S/c1-18(2,3)27-16(25)24(17(26)28-19(4,5)6)15-23-20(7,8-9-29-15)13-10-14(21)12-22-11-13;2*1-14(2,3)21-13(20)18-12-19-15(4,5-6-22-12)10-7-11(16)9-17-8-10;1-10(2-3-15-9(12)14-10)7-4-8(11)6-13-5-7/h10-12H,8-9H2,1-7H3;7-9H,5-6H2,1-4H3,(H,18,19,20);7-9H,5-6,16H2,1-4H3,(H,18,19,20);4-6H,2-3H2,1H3,(H2,12,14)/t20-;2*15-;10-/m0000/s1. The van der Waals surface area contributed by atoms with Crippen LogP contribution in [0.15, 0.2) is 107 Å². The van der Waals surface area contributed by atoms with Crippen molar-refractivity contribution in [3.63, 3.8) is 0 Å². The Hall–Kier alpha value is -5.00. The van der Waals surface area contributed by atoms with Gasteiger partial charge in [-0.15, -0.1) is 0 Å². The van der Waals surface area contributed by atoms with Gasteiger partial charge >= 0.3 is 24.4 Å². The van der Waals surface area contributed by atoms with E-state index in [2.05, 4.69) is 101 Å². The summed E-state index contributed by atoms with van der Waals surface area (Å²) in [6.45, 7) is 29.5. The monoisotopic (exact) mass is 1480 g/mol. The molecule has 0 aromatic carbocycles. The number of carbonyl (C=O) groups excluding carboxylic acids is 4. The highest BCUT2D eigenvalue weighted by molar-refractivity contribution is 9.11. The summed E-state index contributed by atoms with van der Waals surface area (Å²) < 4.78 is 24.2. The van der Waals surface area contributed by atoms with Crippen LogP contribution in [0.1, 0.15) is 159 Å². The number of amidine groups is 4. The van der Waals surface area contributed by atoms with Crippen molar-refractivity contribution in [3.8, 4) is 0 Å². The van der Waals surface area contributed by atoms with Crippen LogP contribution in [0.4, 0.5) is 24.9 Å². The maximum Gasteiger partial charge on any atom is 0.426 e. The SMILES string of the molecule is CC(C)(C)OC(=O)N(C(=O)OC(C)(C)C)C1=N[C@](C)(c2cncc(Br)c2)CCS1.CC(C)(C)OC(=O)NC1=N[C@](C)(c2cncc(Br)c2)CCS1.CC(C)(C)OC(=O)NC1=N[C@](C)(c2cncc(N)c2)CCS1.C[C@@]1(c2cncc(Br)c2)CCSC(N)=N1. The summed E-state index contributed by atoms with van der Waals surface area (Å²) in [7, 11) is 0. The second kappa shape index (κ2) is 30.9. The molecule has 0 saturated carbocycles. The van der Waals surface area contributed by atoms with Gasteiger partial charge in [-0.2, -0.15) is 4.90 Å². The quantitative estimate of drug-likeness (QED) is 0.138. The first-order chi connectivity index (χ1) is 40.7. The predicted octanol–water partition coefficient (Wildman–Crippen LogP) is 15.2. The number of anilines is 1. The van der Waals surface area contributed by atoms with E-state index in [1.165, 1.54) is 35.3 Å². The minimum absolute atomic E-state index is 0.216. The molecule has 4 aliphatic heterocycles. The summed E-state index contributed by atoms with van der Waals surface area (Å²) in [5.74, 6) is 3.40. The number of rotatable bonds is 4. The molecule has 0 aliphatic carbocycles. The normalized spacial score (nSPS) is 22.0. The molecule has 4 aromatic rings. The van der Waals surface area contributed by atoms with Crippen LogP contribution in [-0.2, 0) is 41.1 Å². The molecule has 4 amide bonds. The van der Waals surface area contributed by atoms with Gasteiger partial charge in [-0.3, -0.25) is 50.5 Å². The molecule has 4 atom stereocenters. The summed E-state index contributed by atoms with van der Waals surface area (Å²) in [6.07, 6.45) is 14.9. The topological polar surface area (TPSA) is 286 Å². The van der Waals surface area contributed by atoms with E-state index in [0.717, 1.165) is 83.5 Å². The number of aromatic nitrogens is 4. The Morgan fingerprint density at radius 3 is 1.11 bits per heavy atom.